The van der Waals surface area contributed by atoms with E-state index in [1.807, 2.05) is 46.8 Å². The molecule has 2 rings (SSSR count). The summed E-state index contributed by atoms with van der Waals surface area (Å²) in [5, 5.41) is 3.80. The van der Waals surface area contributed by atoms with Crippen LogP contribution in [0.1, 0.15) is 45.2 Å². The van der Waals surface area contributed by atoms with Gasteiger partial charge in [-0.2, -0.15) is 0 Å². The third-order valence-corrected chi connectivity index (χ3v) is 6.34. The molecule has 0 saturated carbocycles. The van der Waals surface area contributed by atoms with Crippen molar-refractivity contribution in [2.75, 3.05) is 6.61 Å². The van der Waals surface area contributed by atoms with Crippen molar-refractivity contribution >= 4 is 50.9 Å². The molecule has 5 nitrogen and oxygen atoms in total. The molecule has 1 unspecified atom stereocenters. The molecule has 0 radical (unpaired) electrons. The van der Waals surface area contributed by atoms with E-state index < -0.39 is 11.6 Å². The molecule has 1 atom stereocenters. The minimum absolute atomic E-state index is 0.193. The number of ether oxygens (including phenoxy) is 1. The van der Waals surface area contributed by atoms with Crippen molar-refractivity contribution in [3.63, 3.8) is 0 Å². The molecule has 0 aliphatic carbocycles. The molecule has 0 saturated heterocycles. The minimum atomic E-state index is -0.661. The molecule has 0 aliphatic heterocycles. The monoisotopic (exact) mass is 542 g/mol. The first-order valence-corrected chi connectivity index (χ1v) is 11.9. The zero-order valence-corrected chi connectivity index (χ0v) is 22.1. The van der Waals surface area contributed by atoms with Crippen molar-refractivity contribution in [2.45, 2.75) is 59.2 Å². The predicted octanol–water partition coefficient (Wildman–Crippen LogP) is 6.17. The number of carbonyl (C=O) groups excluding carboxylic acids is 2. The fourth-order valence-corrected chi connectivity index (χ4v) is 3.71. The molecule has 8 heteroatoms. The van der Waals surface area contributed by atoms with Crippen LogP contribution in [0.25, 0.3) is 0 Å². The molecule has 0 aromatic heterocycles. The Morgan fingerprint density at radius 1 is 1.12 bits per heavy atom. The summed E-state index contributed by atoms with van der Waals surface area (Å²) >= 11 is 15.7. The Kier molecular flexibility index (Phi) is 9.43. The largest absolute Gasteiger partial charge is 0.484 e. The maximum Gasteiger partial charge on any atom is 0.261 e. The Bertz CT molecular complexity index is 976. The van der Waals surface area contributed by atoms with Crippen LogP contribution in [0.4, 0.5) is 0 Å². The molecular weight excluding hydrogens is 515 g/mol. The highest BCUT2D eigenvalue weighted by molar-refractivity contribution is 9.10. The van der Waals surface area contributed by atoms with Crippen LogP contribution >= 0.6 is 39.1 Å². The van der Waals surface area contributed by atoms with E-state index in [0.717, 1.165) is 15.6 Å². The van der Waals surface area contributed by atoms with Crippen molar-refractivity contribution in [3.05, 3.63) is 62.0 Å². The summed E-state index contributed by atoms with van der Waals surface area (Å²) in [5.41, 5.74) is 1.35. The normalized spacial score (nSPS) is 12.2. The maximum atomic E-state index is 13.2. The molecule has 0 spiro atoms. The highest BCUT2D eigenvalue weighted by atomic mass is 79.9. The summed E-state index contributed by atoms with van der Waals surface area (Å²) < 4.78 is 6.71. The lowest BCUT2D eigenvalue weighted by Gasteiger charge is -2.33. The Morgan fingerprint density at radius 2 is 1.81 bits per heavy atom. The number of amides is 2. The molecule has 0 fully saturated rings. The van der Waals surface area contributed by atoms with Gasteiger partial charge < -0.3 is 15.0 Å². The smallest absolute Gasteiger partial charge is 0.261 e. The molecule has 2 aromatic rings. The van der Waals surface area contributed by atoms with Crippen molar-refractivity contribution in [3.8, 4) is 5.75 Å². The van der Waals surface area contributed by atoms with Gasteiger partial charge in [-0.1, -0.05) is 52.1 Å². The van der Waals surface area contributed by atoms with Crippen LogP contribution in [0.3, 0.4) is 0 Å². The van der Waals surface area contributed by atoms with E-state index in [4.69, 9.17) is 27.9 Å². The van der Waals surface area contributed by atoms with Crippen LogP contribution in [-0.4, -0.2) is 34.9 Å². The zero-order chi connectivity index (χ0) is 24.1. The molecule has 0 heterocycles. The van der Waals surface area contributed by atoms with Crippen molar-refractivity contribution in [1.82, 2.24) is 10.2 Å². The fraction of sp³-hybridized carbons (Fsp3) is 0.417. The average Bonchev–Trinajstić information content (AvgIpc) is 2.69. The first-order valence-electron chi connectivity index (χ1n) is 10.4. The second kappa shape index (κ2) is 11.4. The topological polar surface area (TPSA) is 58.6 Å². The van der Waals surface area contributed by atoms with Gasteiger partial charge in [0, 0.05) is 16.6 Å². The highest BCUT2D eigenvalue weighted by Crippen LogP contribution is 2.25. The summed E-state index contributed by atoms with van der Waals surface area (Å²) in [4.78, 5) is 27.8. The van der Waals surface area contributed by atoms with E-state index >= 15 is 0 Å². The van der Waals surface area contributed by atoms with Gasteiger partial charge in [0.05, 0.1) is 10.0 Å². The van der Waals surface area contributed by atoms with Crippen molar-refractivity contribution in [1.29, 1.82) is 0 Å². The molecule has 0 bridgehead atoms. The Balaban J connectivity index is 2.27. The van der Waals surface area contributed by atoms with Gasteiger partial charge in [0.1, 0.15) is 11.8 Å². The second-order valence-corrected chi connectivity index (χ2v) is 10.3. The fourth-order valence-electron chi connectivity index (χ4n) is 3.14. The van der Waals surface area contributed by atoms with Gasteiger partial charge >= 0.3 is 0 Å². The summed E-state index contributed by atoms with van der Waals surface area (Å²) in [7, 11) is 0. The van der Waals surface area contributed by atoms with Gasteiger partial charge in [0.25, 0.3) is 5.91 Å². The quantitative estimate of drug-likeness (QED) is 0.433. The van der Waals surface area contributed by atoms with E-state index in [9.17, 15) is 9.59 Å². The lowest BCUT2D eigenvalue weighted by atomic mass is 10.1. The number of nitrogens with zero attached hydrogens (tertiary/aromatic N) is 1. The van der Waals surface area contributed by atoms with Gasteiger partial charge in [-0.25, -0.2) is 0 Å². The van der Waals surface area contributed by atoms with Crippen LogP contribution in [0.2, 0.25) is 10.0 Å². The summed E-state index contributed by atoms with van der Waals surface area (Å²) in [6, 6.07) is 10.0. The SMILES string of the molecule is CCC(C(=O)NC(C)(C)C)N(Cc1ccc(Cl)c(Cl)c1)C(=O)COc1ccc(Br)c(C)c1. The van der Waals surface area contributed by atoms with Crippen LogP contribution < -0.4 is 10.1 Å². The van der Waals surface area contributed by atoms with Crippen LogP contribution in [0.5, 0.6) is 5.75 Å². The van der Waals surface area contributed by atoms with E-state index in [-0.39, 0.29) is 25.0 Å². The molecule has 2 aromatic carbocycles. The van der Waals surface area contributed by atoms with E-state index in [2.05, 4.69) is 21.2 Å². The van der Waals surface area contributed by atoms with Gasteiger partial charge in [-0.15, -0.1) is 0 Å². The standard InChI is InChI=1S/C24H29BrCl2N2O3/c1-6-21(23(31)28-24(3,4)5)29(13-16-7-10-19(26)20(27)12-16)22(30)14-32-17-8-9-18(25)15(2)11-17/h7-12,21H,6,13-14H2,1-5H3,(H,28,31). The third-order valence-electron chi connectivity index (χ3n) is 4.71. The highest BCUT2D eigenvalue weighted by Gasteiger charge is 2.31. The van der Waals surface area contributed by atoms with E-state index in [0.29, 0.717) is 22.2 Å². The van der Waals surface area contributed by atoms with Crippen LogP contribution in [0, 0.1) is 6.92 Å². The molecule has 1 N–H and O–H groups in total. The third kappa shape index (κ3) is 7.68. The molecular formula is C24H29BrCl2N2O3. The Morgan fingerprint density at radius 3 is 2.38 bits per heavy atom. The number of aryl methyl sites for hydroxylation is 1. The number of nitrogens with one attached hydrogen (secondary N) is 1. The summed E-state index contributed by atoms with van der Waals surface area (Å²) in [6.07, 6.45) is 0.451. The summed E-state index contributed by atoms with van der Waals surface area (Å²) in [6.45, 7) is 9.54. The molecule has 0 aliphatic rings. The lowest BCUT2D eigenvalue weighted by Crippen LogP contribution is -2.54. The summed E-state index contributed by atoms with van der Waals surface area (Å²) in [5.74, 6) is 0.0705. The van der Waals surface area contributed by atoms with E-state index in [1.54, 1.807) is 24.3 Å². The first-order chi connectivity index (χ1) is 14.9. The predicted molar refractivity (Wildman–Crippen MR) is 133 cm³/mol. The zero-order valence-electron chi connectivity index (χ0n) is 19.0. The van der Waals surface area contributed by atoms with Gasteiger partial charge in [-0.3, -0.25) is 9.59 Å². The second-order valence-electron chi connectivity index (χ2n) is 8.63. The number of hydrogen-bond acceptors (Lipinski definition) is 3. The average molecular weight is 544 g/mol. The van der Waals surface area contributed by atoms with E-state index in [1.165, 1.54) is 4.90 Å². The number of carbonyl (C=O) groups is 2. The van der Waals surface area contributed by atoms with Gasteiger partial charge in [0.15, 0.2) is 6.61 Å². The van der Waals surface area contributed by atoms with Gasteiger partial charge in [0.2, 0.25) is 5.91 Å². The molecule has 32 heavy (non-hydrogen) atoms. The van der Waals surface area contributed by atoms with Crippen LogP contribution in [-0.2, 0) is 16.1 Å². The minimum Gasteiger partial charge on any atom is -0.484 e. The van der Waals surface area contributed by atoms with Crippen molar-refractivity contribution in [2.24, 2.45) is 0 Å². The number of rotatable bonds is 8. The first kappa shape index (κ1) is 26.5. The number of benzene rings is 2. The Hall–Kier alpha value is -1.76. The van der Waals surface area contributed by atoms with Crippen LogP contribution in [0.15, 0.2) is 40.9 Å². The number of halogens is 3. The lowest BCUT2D eigenvalue weighted by molar-refractivity contribution is -0.143. The van der Waals surface area contributed by atoms with Crippen molar-refractivity contribution < 1.29 is 14.3 Å². The molecule has 2 amide bonds. The maximum absolute atomic E-state index is 13.2. The molecule has 174 valence electrons. The Labute approximate surface area is 208 Å². The van der Waals surface area contributed by atoms with Gasteiger partial charge in [-0.05, 0) is 75.6 Å². The number of hydrogen-bond donors (Lipinski definition) is 1.